The molecule has 8 nitrogen and oxygen atoms in total. The SMILES string of the molecule is CN1CCC(N(Cc2ccc(F)cc2)C(=O)NCc2ccc(OCC(O)CN3CCNCC3)cc2)CC1.Cl.Cl. The van der Waals surface area contributed by atoms with Crippen molar-refractivity contribution < 1.29 is 19.0 Å². The van der Waals surface area contributed by atoms with E-state index in [4.69, 9.17) is 4.74 Å². The van der Waals surface area contributed by atoms with Gasteiger partial charge in [-0.15, -0.1) is 24.8 Å². The molecule has 0 aliphatic carbocycles. The summed E-state index contributed by atoms with van der Waals surface area (Å²) >= 11 is 0. The Morgan fingerprint density at radius 2 is 1.67 bits per heavy atom. The number of amides is 2. The van der Waals surface area contributed by atoms with Crippen LogP contribution in [-0.4, -0.2) is 97.5 Å². The number of carbonyl (C=O) groups is 1. The zero-order chi connectivity index (χ0) is 26.0. The number of urea groups is 1. The molecular weight excluding hydrogens is 544 g/mol. The van der Waals surface area contributed by atoms with E-state index in [0.717, 1.165) is 63.2 Å². The lowest BCUT2D eigenvalue weighted by molar-refractivity contribution is 0.0641. The number of rotatable bonds is 10. The zero-order valence-electron chi connectivity index (χ0n) is 22.6. The first kappa shape index (κ1) is 33.1. The Morgan fingerprint density at radius 1 is 1.05 bits per heavy atom. The number of β-amino-alcohol motifs (C(OH)–C–C–N with tert-alkyl or cyclic N) is 1. The van der Waals surface area contributed by atoms with Gasteiger partial charge in [-0.3, -0.25) is 4.90 Å². The van der Waals surface area contributed by atoms with Crippen molar-refractivity contribution in [2.45, 2.75) is 38.1 Å². The van der Waals surface area contributed by atoms with Crippen LogP contribution in [0, 0.1) is 5.82 Å². The van der Waals surface area contributed by atoms with Crippen LogP contribution in [-0.2, 0) is 13.1 Å². The van der Waals surface area contributed by atoms with Crippen LogP contribution in [0.4, 0.5) is 9.18 Å². The number of piperazine rings is 1. The zero-order valence-corrected chi connectivity index (χ0v) is 24.2. The number of hydrogen-bond acceptors (Lipinski definition) is 6. The van der Waals surface area contributed by atoms with Crippen LogP contribution < -0.4 is 15.4 Å². The Morgan fingerprint density at radius 3 is 2.31 bits per heavy atom. The van der Waals surface area contributed by atoms with Crippen LogP contribution in [0.1, 0.15) is 24.0 Å². The van der Waals surface area contributed by atoms with Crippen LogP contribution in [0.2, 0.25) is 0 Å². The minimum atomic E-state index is -0.538. The highest BCUT2D eigenvalue weighted by Gasteiger charge is 2.27. The Kier molecular flexibility index (Phi) is 14.3. The summed E-state index contributed by atoms with van der Waals surface area (Å²) in [4.78, 5) is 19.6. The smallest absolute Gasteiger partial charge is 0.318 e. The molecule has 2 aliphatic rings. The lowest BCUT2D eigenvalue weighted by Crippen LogP contribution is -2.49. The van der Waals surface area contributed by atoms with Gasteiger partial charge < -0.3 is 30.3 Å². The van der Waals surface area contributed by atoms with Crippen LogP contribution in [0.3, 0.4) is 0 Å². The number of hydrogen-bond donors (Lipinski definition) is 3. The first-order valence-corrected chi connectivity index (χ1v) is 13.3. The molecule has 2 aliphatic heterocycles. The Bertz CT molecular complexity index is 972. The van der Waals surface area contributed by atoms with E-state index in [1.165, 1.54) is 12.1 Å². The van der Waals surface area contributed by atoms with E-state index in [-0.39, 0.29) is 49.3 Å². The highest BCUT2D eigenvalue weighted by molar-refractivity contribution is 5.85. The van der Waals surface area contributed by atoms with Gasteiger partial charge in [-0.05, 0) is 68.4 Å². The highest BCUT2D eigenvalue weighted by Crippen LogP contribution is 2.19. The number of aliphatic hydroxyl groups is 1. The van der Waals surface area contributed by atoms with Gasteiger partial charge in [0, 0.05) is 51.9 Å². The fourth-order valence-corrected chi connectivity index (χ4v) is 4.88. The van der Waals surface area contributed by atoms with Crippen molar-refractivity contribution in [3.05, 3.63) is 65.5 Å². The van der Waals surface area contributed by atoms with Crippen LogP contribution >= 0.6 is 24.8 Å². The topological polar surface area (TPSA) is 80.3 Å². The maximum atomic E-state index is 13.4. The molecule has 2 amide bonds. The minimum Gasteiger partial charge on any atom is -0.491 e. The minimum absolute atomic E-state index is 0. The molecule has 0 spiro atoms. The number of nitrogens with zero attached hydrogens (tertiary/aromatic N) is 3. The molecule has 2 heterocycles. The van der Waals surface area contributed by atoms with Gasteiger partial charge in [0.1, 0.15) is 24.3 Å². The van der Waals surface area contributed by atoms with E-state index in [1.54, 1.807) is 12.1 Å². The molecule has 0 saturated carbocycles. The van der Waals surface area contributed by atoms with Gasteiger partial charge in [-0.25, -0.2) is 9.18 Å². The summed E-state index contributed by atoms with van der Waals surface area (Å²) < 4.78 is 19.1. The summed E-state index contributed by atoms with van der Waals surface area (Å²) in [6, 6.07) is 14.0. The second kappa shape index (κ2) is 16.8. The van der Waals surface area contributed by atoms with E-state index in [1.807, 2.05) is 29.2 Å². The number of nitrogens with one attached hydrogen (secondary N) is 2. The third-order valence-corrected chi connectivity index (χ3v) is 7.14. The van der Waals surface area contributed by atoms with E-state index >= 15 is 0 Å². The molecule has 2 aromatic carbocycles. The summed E-state index contributed by atoms with van der Waals surface area (Å²) in [6.45, 7) is 7.38. The second-order valence-corrected chi connectivity index (χ2v) is 10.1. The third kappa shape index (κ3) is 10.7. The number of carbonyl (C=O) groups excluding carboxylic acids is 1. The average molecular weight is 587 g/mol. The van der Waals surface area contributed by atoms with Gasteiger partial charge in [0.05, 0.1) is 0 Å². The van der Waals surface area contributed by atoms with Crippen LogP contribution in [0.15, 0.2) is 48.5 Å². The molecule has 4 rings (SSSR count). The Labute approximate surface area is 243 Å². The summed E-state index contributed by atoms with van der Waals surface area (Å²) in [5.74, 6) is 0.416. The number of halogens is 3. The van der Waals surface area contributed by atoms with Gasteiger partial charge in [0.15, 0.2) is 0 Å². The maximum absolute atomic E-state index is 13.4. The molecule has 0 radical (unpaired) electrons. The van der Waals surface area contributed by atoms with Crippen molar-refractivity contribution in [1.82, 2.24) is 25.3 Å². The maximum Gasteiger partial charge on any atom is 0.318 e. The van der Waals surface area contributed by atoms with Gasteiger partial charge in [-0.2, -0.15) is 0 Å². The largest absolute Gasteiger partial charge is 0.491 e. The summed E-state index contributed by atoms with van der Waals surface area (Å²) in [5, 5.41) is 16.7. The molecule has 1 unspecified atom stereocenters. The molecule has 2 fully saturated rings. The quantitative estimate of drug-likeness (QED) is 0.397. The molecule has 0 bridgehead atoms. The van der Waals surface area contributed by atoms with Gasteiger partial charge in [0.25, 0.3) is 0 Å². The summed E-state index contributed by atoms with van der Waals surface area (Å²) in [5.41, 5.74) is 1.88. The van der Waals surface area contributed by atoms with Crippen molar-refractivity contribution in [3.63, 3.8) is 0 Å². The molecule has 0 aromatic heterocycles. The number of aliphatic hydroxyl groups excluding tert-OH is 1. The lowest BCUT2D eigenvalue weighted by Gasteiger charge is -2.37. The van der Waals surface area contributed by atoms with E-state index < -0.39 is 6.10 Å². The van der Waals surface area contributed by atoms with Crippen LogP contribution in [0.25, 0.3) is 0 Å². The van der Waals surface area contributed by atoms with E-state index in [2.05, 4.69) is 27.5 Å². The predicted molar refractivity (Wildman–Crippen MR) is 156 cm³/mol. The monoisotopic (exact) mass is 585 g/mol. The summed E-state index contributed by atoms with van der Waals surface area (Å²) in [6.07, 6.45) is 1.29. The molecule has 11 heteroatoms. The Hall–Kier alpha value is -2.14. The third-order valence-electron chi connectivity index (χ3n) is 7.14. The number of benzene rings is 2. The van der Waals surface area contributed by atoms with E-state index in [9.17, 15) is 14.3 Å². The fourth-order valence-electron chi connectivity index (χ4n) is 4.88. The van der Waals surface area contributed by atoms with Crippen molar-refractivity contribution in [1.29, 1.82) is 0 Å². The standard InChI is InChI=1S/C28H40FN5O3.2ClH/c1-32-14-10-25(11-15-32)34(19-23-2-6-24(29)7-3-23)28(36)31-18-22-4-8-27(9-5-22)37-21-26(35)20-33-16-12-30-13-17-33;;/h2-9,25-26,30,35H,10-21H2,1H3,(H,31,36);2*1H. The molecule has 2 aromatic rings. The molecule has 39 heavy (non-hydrogen) atoms. The van der Waals surface area contributed by atoms with Gasteiger partial charge >= 0.3 is 6.03 Å². The average Bonchev–Trinajstić information content (AvgIpc) is 2.92. The van der Waals surface area contributed by atoms with Gasteiger partial charge in [-0.1, -0.05) is 24.3 Å². The lowest BCUT2D eigenvalue weighted by atomic mass is 10.0. The molecule has 3 N–H and O–H groups in total. The number of ether oxygens (including phenoxy) is 1. The molecule has 1 atom stereocenters. The molecule has 2 saturated heterocycles. The normalized spacial score (nSPS) is 17.4. The van der Waals surface area contributed by atoms with Crippen molar-refractivity contribution >= 4 is 30.8 Å². The van der Waals surface area contributed by atoms with Crippen molar-refractivity contribution in [3.8, 4) is 5.75 Å². The molecule has 218 valence electrons. The van der Waals surface area contributed by atoms with Crippen molar-refractivity contribution in [2.24, 2.45) is 0 Å². The van der Waals surface area contributed by atoms with Crippen molar-refractivity contribution in [2.75, 3.05) is 59.5 Å². The van der Waals surface area contributed by atoms with Crippen LogP contribution in [0.5, 0.6) is 5.75 Å². The second-order valence-electron chi connectivity index (χ2n) is 10.1. The first-order valence-electron chi connectivity index (χ1n) is 13.3. The summed E-state index contributed by atoms with van der Waals surface area (Å²) in [7, 11) is 2.10. The number of piperidine rings is 1. The number of likely N-dealkylation sites (tertiary alicyclic amines) is 1. The van der Waals surface area contributed by atoms with E-state index in [0.29, 0.717) is 25.4 Å². The van der Waals surface area contributed by atoms with Gasteiger partial charge in [0.2, 0.25) is 0 Å². The molecular formula is C28H42Cl2FN5O3. The predicted octanol–water partition coefficient (Wildman–Crippen LogP) is 3.12. The Balaban J connectivity index is 0.00000267. The highest BCUT2D eigenvalue weighted by atomic mass is 35.5. The first-order chi connectivity index (χ1) is 18.0. The fraction of sp³-hybridized carbons (Fsp3) is 0.536.